The predicted octanol–water partition coefficient (Wildman–Crippen LogP) is 4.49. The summed E-state index contributed by atoms with van der Waals surface area (Å²) in [5, 5.41) is 6.92. The number of aromatic nitrogens is 1. The van der Waals surface area contributed by atoms with Crippen molar-refractivity contribution in [3.05, 3.63) is 58.5 Å². The molecule has 1 aliphatic carbocycles. The van der Waals surface area contributed by atoms with Gasteiger partial charge in [0.05, 0.1) is 11.3 Å². The van der Waals surface area contributed by atoms with Crippen molar-refractivity contribution >= 4 is 5.91 Å². The van der Waals surface area contributed by atoms with Gasteiger partial charge in [0.2, 0.25) is 0 Å². The lowest BCUT2D eigenvalue weighted by atomic mass is 9.97. The Morgan fingerprint density at radius 1 is 1.31 bits per heavy atom. The molecule has 0 fully saturated rings. The van der Waals surface area contributed by atoms with Gasteiger partial charge >= 0.3 is 0 Å². The number of nitrogens with zero attached hydrogens (tertiary/aromatic N) is 1. The van der Waals surface area contributed by atoms with E-state index in [2.05, 4.69) is 16.5 Å². The summed E-state index contributed by atoms with van der Waals surface area (Å²) in [7, 11) is 0. The molecular weight excluding hydrogens is 328 g/mol. The Bertz CT molecular complexity index is 773. The second-order valence-electron chi connectivity index (χ2n) is 6.73. The van der Waals surface area contributed by atoms with E-state index in [0.29, 0.717) is 24.5 Å². The number of carbonyl (C=O) groups excluding carboxylic acids is 1. The summed E-state index contributed by atoms with van der Waals surface area (Å²) >= 11 is 0. The summed E-state index contributed by atoms with van der Waals surface area (Å²) in [6.07, 6.45) is 8.16. The number of allylic oxidation sites excluding steroid dienone is 1. The van der Waals surface area contributed by atoms with Crippen LogP contribution < -0.4 is 10.1 Å². The second kappa shape index (κ2) is 8.70. The fourth-order valence-electron chi connectivity index (χ4n) is 3.16. The zero-order valence-corrected chi connectivity index (χ0v) is 15.5. The van der Waals surface area contributed by atoms with Crippen molar-refractivity contribution < 1.29 is 14.1 Å². The van der Waals surface area contributed by atoms with Gasteiger partial charge in [-0.1, -0.05) is 22.9 Å². The van der Waals surface area contributed by atoms with E-state index in [1.54, 1.807) is 12.1 Å². The predicted molar refractivity (Wildman–Crippen MR) is 100 cm³/mol. The maximum atomic E-state index is 12.4. The quantitative estimate of drug-likeness (QED) is 0.744. The fraction of sp³-hybridized carbons (Fsp3) is 0.429. The zero-order valence-electron chi connectivity index (χ0n) is 15.5. The van der Waals surface area contributed by atoms with E-state index in [0.717, 1.165) is 23.4 Å². The summed E-state index contributed by atoms with van der Waals surface area (Å²) in [5.41, 5.74) is 3.85. The Morgan fingerprint density at radius 2 is 2.19 bits per heavy atom. The van der Waals surface area contributed by atoms with Crippen LogP contribution in [0.25, 0.3) is 0 Å². The molecule has 0 unspecified atom stereocenters. The van der Waals surface area contributed by atoms with Gasteiger partial charge in [0.15, 0.2) is 0 Å². The van der Waals surface area contributed by atoms with Gasteiger partial charge in [0.1, 0.15) is 18.1 Å². The van der Waals surface area contributed by atoms with Crippen LogP contribution in [-0.4, -0.2) is 17.6 Å². The van der Waals surface area contributed by atoms with E-state index < -0.39 is 0 Å². The molecule has 0 atom stereocenters. The molecule has 0 radical (unpaired) electrons. The monoisotopic (exact) mass is 354 g/mol. The molecule has 0 saturated heterocycles. The first kappa shape index (κ1) is 18.2. The van der Waals surface area contributed by atoms with Crippen LogP contribution in [0.2, 0.25) is 0 Å². The van der Waals surface area contributed by atoms with Crippen LogP contribution in [-0.2, 0) is 6.61 Å². The average molecular weight is 354 g/mol. The molecule has 1 N–H and O–H groups in total. The lowest BCUT2D eigenvalue weighted by Crippen LogP contribution is -2.24. The van der Waals surface area contributed by atoms with E-state index in [9.17, 15) is 4.79 Å². The number of aryl methyl sites for hydroxylation is 2. The SMILES string of the molecule is Cc1noc(C)c1COc1cccc(C(=O)NCCC2=CCCCC2)c1. The van der Waals surface area contributed by atoms with Gasteiger partial charge in [-0.25, -0.2) is 0 Å². The highest BCUT2D eigenvalue weighted by Gasteiger charge is 2.11. The molecule has 0 saturated carbocycles. The van der Waals surface area contributed by atoms with E-state index in [-0.39, 0.29) is 5.91 Å². The molecule has 2 aromatic rings. The first-order valence-electron chi connectivity index (χ1n) is 9.24. The first-order chi connectivity index (χ1) is 12.6. The summed E-state index contributed by atoms with van der Waals surface area (Å²) in [4.78, 5) is 12.4. The fourth-order valence-corrected chi connectivity index (χ4v) is 3.16. The lowest BCUT2D eigenvalue weighted by molar-refractivity contribution is 0.0953. The van der Waals surface area contributed by atoms with Crippen LogP contribution >= 0.6 is 0 Å². The van der Waals surface area contributed by atoms with Crippen LogP contribution in [0, 0.1) is 13.8 Å². The largest absolute Gasteiger partial charge is 0.489 e. The maximum Gasteiger partial charge on any atom is 0.251 e. The molecule has 1 aromatic heterocycles. The number of rotatable bonds is 7. The highest BCUT2D eigenvalue weighted by molar-refractivity contribution is 5.94. The van der Waals surface area contributed by atoms with Crippen molar-refractivity contribution in [2.24, 2.45) is 0 Å². The second-order valence-corrected chi connectivity index (χ2v) is 6.73. The van der Waals surface area contributed by atoms with Crippen molar-refractivity contribution in [2.75, 3.05) is 6.54 Å². The molecule has 1 aliphatic rings. The Morgan fingerprint density at radius 3 is 2.92 bits per heavy atom. The maximum absolute atomic E-state index is 12.4. The van der Waals surface area contributed by atoms with E-state index >= 15 is 0 Å². The highest BCUT2D eigenvalue weighted by atomic mass is 16.5. The van der Waals surface area contributed by atoms with E-state index in [4.69, 9.17) is 9.26 Å². The molecule has 5 heteroatoms. The van der Waals surface area contributed by atoms with Crippen LogP contribution in [0.3, 0.4) is 0 Å². The van der Waals surface area contributed by atoms with Crippen LogP contribution in [0.15, 0.2) is 40.4 Å². The lowest BCUT2D eigenvalue weighted by Gasteiger charge is -2.13. The third-order valence-electron chi connectivity index (χ3n) is 4.78. The molecule has 5 nitrogen and oxygen atoms in total. The zero-order chi connectivity index (χ0) is 18.4. The Labute approximate surface area is 154 Å². The molecule has 0 spiro atoms. The Balaban J connectivity index is 1.52. The Hall–Kier alpha value is -2.56. The standard InChI is InChI=1S/C21H26N2O3/c1-15-20(16(2)26-23-15)14-25-19-10-6-9-18(13-19)21(24)22-12-11-17-7-4-3-5-8-17/h6-7,9-10,13H,3-5,8,11-12,14H2,1-2H3,(H,22,24). The number of hydrogen-bond donors (Lipinski definition) is 1. The normalized spacial score (nSPS) is 14.0. The van der Waals surface area contributed by atoms with Crippen molar-refractivity contribution in [3.63, 3.8) is 0 Å². The number of hydrogen-bond acceptors (Lipinski definition) is 4. The average Bonchev–Trinajstić information content (AvgIpc) is 2.99. The first-order valence-corrected chi connectivity index (χ1v) is 9.24. The van der Waals surface area contributed by atoms with Gasteiger partial charge in [0, 0.05) is 12.1 Å². The number of carbonyl (C=O) groups is 1. The van der Waals surface area contributed by atoms with Gasteiger partial charge in [-0.05, 0) is 64.2 Å². The van der Waals surface area contributed by atoms with Crippen LogP contribution in [0.1, 0.15) is 59.5 Å². The van der Waals surface area contributed by atoms with Gasteiger partial charge in [-0.15, -0.1) is 0 Å². The van der Waals surface area contributed by atoms with Crippen molar-refractivity contribution in [1.29, 1.82) is 0 Å². The van der Waals surface area contributed by atoms with Gasteiger partial charge in [-0.2, -0.15) is 0 Å². The van der Waals surface area contributed by atoms with E-state index in [1.807, 2.05) is 26.0 Å². The van der Waals surface area contributed by atoms with Gasteiger partial charge in [-0.3, -0.25) is 4.79 Å². The molecule has 1 aromatic carbocycles. The third kappa shape index (κ3) is 4.75. The summed E-state index contributed by atoms with van der Waals surface area (Å²) in [6, 6.07) is 7.26. The molecule has 3 rings (SSSR count). The summed E-state index contributed by atoms with van der Waals surface area (Å²) in [5.74, 6) is 1.35. The smallest absolute Gasteiger partial charge is 0.251 e. The van der Waals surface area contributed by atoms with Gasteiger partial charge < -0.3 is 14.6 Å². The molecule has 0 bridgehead atoms. The number of benzene rings is 1. The molecular formula is C21H26N2O3. The van der Waals surface area contributed by atoms with E-state index in [1.165, 1.54) is 31.3 Å². The number of ether oxygens (including phenoxy) is 1. The highest BCUT2D eigenvalue weighted by Crippen LogP contribution is 2.20. The van der Waals surface area contributed by atoms with Crippen molar-refractivity contribution in [3.8, 4) is 5.75 Å². The molecule has 1 heterocycles. The molecule has 138 valence electrons. The van der Waals surface area contributed by atoms with Crippen molar-refractivity contribution in [2.45, 2.75) is 52.6 Å². The number of amides is 1. The topological polar surface area (TPSA) is 64.4 Å². The number of nitrogens with one attached hydrogen (secondary N) is 1. The Kier molecular flexibility index (Phi) is 6.10. The van der Waals surface area contributed by atoms with Crippen LogP contribution in [0.5, 0.6) is 5.75 Å². The minimum Gasteiger partial charge on any atom is -0.489 e. The molecule has 26 heavy (non-hydrogen) atoms. The molecule has 0 aliphatic heterocycles. The van der Waals surface area contributed by atoms with Crippen LogP contribution in [0.4, 0.5) is 0 Å². The summed E-state index contributed by atoms with van der Waals surface area (Å²) < 4.78 is 11.0. The molecule has 1 amide bonds. The minimum atomic E-state index is -0.0656. The third-order valence-corrected chi connectivity index (χ3v) is 4.78. The van der Waals surface area contributed by atoms with Gasteiger partial charge in [0.25, 0.3) is 5.91 Å². The van der Waals surface area contributed by atoms with Crippen molar-refractivity contribution in [1.82, 2.24) is 10.5 Å². The summed E-state index contributed by atoms with van der Waals surface area (Å²) in [6.45, 7) is 4.81. The minimum absolute atomic E-state index is 0.0656.